The van der Waals surface area contributed by atoms with E-state index in [1.165, 1.54) is 0 Å². The fraction of sp³-hybridized carbons (Fsp3) is 0.571. The minimum absolute atomic E-state index is 0.0851. The number of piperidine rings is 1. The highest BCUT2D eigenvalue weighted by Crippen LogP contribution is 2.25. The number of likely N-dealkylation sites (tertiary alicyclic amines) is 1. The van der Waals surface area contributed by atoms with Crippen LogP contribution in [0.2, 0.25) is 0 Å². The Hall–Kier alpha value is -2.18. The van der Waals surface area contributed by atoms with E-state index in [4.69, 9.17) is 0 Å². The molecule has 1 saturated heterocycles. The Bertz CT molecular complexity index is 603. The first-order valence-electron chi connectivity index (χ1n) is 7.36. The first kappa shape index (κ1) is 13.8. The van der Waals surface area contributed by atoms with Gasteiger partial charge in [-0.25, -0.2) is 0 Å². The second-order valence-corrected chi connectivity index (χ2v) is 5.75. The molecule has 0 radical (unpaired) electrons. The van der Waals surface area contributed by atoms with Gasteiger partial charge in [-0.15, -0.1) is 10.2 Å². The largest absolute Gasteiger partial charge is 0.341 e. The summed E-state index contributed by atoms with van der Waals surface area (Å²) in [5.74, 6) is 0.956. The smallest absolute Gasteiger partial charge is 0.270 e. The molecule has 3 rings (SSSR count). The Morgan fingerprint density at radius 3 is 3.05 bits per heavy atom. The summed E-state index contributed by atoms with van der Waals surface area (Å²) in [7, 11) is 0. The van der Waals surface area contributed by atoms with Gasteiger partial charge in [-0.05, 0) is 38.8 Å². The third-order valence-corrected chi connectivity index (χ3v) is 3.99. The Labute approximate surface area is 123 Å². The lowest BCUT2D eigenvalue weighted by atomic mass is 9.97. The molecule has 0 aliphatic carbocycles. The van der Waals surface area contributed by atoms with Gasteiger partial charge >= 0.3 is 0 Å². The molecule has 1 N–H and O–H groups in total. The number of aromatic amines is 1. The molecule has 1 amide bonds. The van der Waals surface area contributed by atoms with Crippen molar-refractivity contribution in [1.29, 1.82) is 0 Å². The van der Waals surface area contributed by atoms with Gasteiger partial charge in [0.2, 0.25) is 0 Å². The second kappa shape index (κ2) is 5.67. The summed E-state index contributed by atoms with van der Waals surface area (Å²) in [4.78, 5) is 14.6. The molecule has 1 aliphatic heterocycles. The number of H-pyrrole nitrogens is 1. The second-order valence-electron chi connectivity index (χ2n) is 5.75. The fourth-order valence-electron chi connectivity index (χ4n) is 2.90. The lowest BCUT2D eigenvalue weighted by molar-refractivity contribution is 0.0692. The number of carbonyl (C=O) groups excluding carboxylic acids is 1. The van der Waals surface area contributed by atoms with Crippen LogP contribution >= 0.6 is 0 Å². The van der Waals surface area contributed by atoms with Crippen LogP contribution < -0.4 is 0 Å². The quantitative estimate of drug-likeness (QED) is 0.930. The molecule has 7 heteroatoms. The molecular formula is C14H20N6O. The van der Waals surface area contributed by atoms with Crippen LogP contribution in [0.5, 0.6) is 0 Å². The lowest BCUT2D eigenvalue weighted by Gasteiger charge is -2.31. The minimum Gasteiger partial charge on any atom is -0.341 e. The summed E-state index contributed by atoms with van der Waals surface area (Å²) >= 11 is 0. The zero-order chi connectivity index (χ0) is 14.8. The van der Waals surface area contributed by atoms with Crippen molar-refractivity contribution in [2.45, 2.75) is 38.6 Å². The van der Waals surface area contributed by atoms with Crippen molar-refractivity contribution in [3.8, 4) is 0 Å². The van der Waals surface area contributed by atoms with Gasteiger partial charge in [0, 0.05) is 31.2 Å². The third kappa shape index (κ3) is 2.68. The molecule has 2 aromatic rings. The van der Waals surface area contributed by atoms with E-state index in [1.54, 1.807) is 0 Å². The molecule has 0 saturated carbocycles. The molecule has 1 fully saturated rings. The van der Waals surface area contributed by atoms with Crippen molar-refractivity contribution in [3.05, 3.63) is 29.8 Å². The van der Waals surface area contributed by atoms with Crippen LogP contribution in [0.1, 0.15) is 55.0 Å². The molecule has 1 aliphatic rings. The summed E-state index contributed by atoms with van der Waals surface area (Å²) in [6, 6.07) is 4.09. The van der Waals surface area contributed by atoms with E-state index in [1.807, 2.05) is 27.8 Å². The topological polar surface area (TPSA) is 79.7 Å². The van der Waals surface area contributed by atoms with E-state index in [2.05, 4.69) is 34.5 Å². The van der Waals surface area contributed by atoms with Gasteiger partial charge in [0.1, 0.15) is 5.69 Å². The number of tetrazole rings is 1. The molecule has 1 atom stereocenters. The molecule has 2 aromatic heterocycles. The van der Waals surface area contributed by atoms with Crippen LogP contribution in [0, 0.1) is 0 Å². The van der Waals surface area contributed by atoms with Crippen molar-refractivity contribution in [1.82, 2.24) is 30.1 Å². The van der Waals surface area contributed by atoms with Gasteiger partial charge in [0.15, 0.2) is 5.82 Å². The van der Waals surface area contributed by atoms with Gasteiger partial charge in [-0.1, -0.05) is 5.21 Å². The number of hydrogen-bond acceptors (Lipinski definition) is 4. The zero-order valence-corrected chi connectivity index (χ0v) is 12.4. The van der Waals surface area contributed by atoms with E-state index >= 15 is 0 Å². The summed E-state index contributed by atoms with van der Waals surface area (Å²) in [5.41, 5.74) is 0.749. The van der Waals surface area contributed by atoms with Crippen molar-refractivity contribution < 1.29 is 4.79 Å². The van der Waals surface area contributed by atoms with Crippen LogP contribution in [-0.4, -0.2) is 49.1 Å². The van der Waals surface area contributed by atoms with Gasteiger partial charge in [-0.3, -0.25) is 4.79 Å². The molecule has 0 aromatic carbocycles. The van der Waals surface area contributed by atoms with Crippen LogP contribution in [0.3, 0.4) is 0 Å². The minimum atomic E-state index is 0.0851. The maximum Gasteiger partial charge on any atom is 0.270 e. The number of aromatic nitrogens is 5. The summed E-state index contributed by atoms with van der Waals surface area (Å²) < 4.78 is 2.01. The van der Waals surface area contributed by atoms with E-state index in [9.17, 15) is 4.79 Å². The molecular weight excluding hydrogens is 268 g/mol. The number of nitrogens with zero attached hydrogens (tertiary/aromatic N) is 5. The van der Waals surface area contributed by atoms with Gasteiger partial charge in [0.05, 0.1) is 0 Å². The highest BCUT2D eigenvalue weighted by molar-refractivity contribution is 5.93. The molecule has 21 heavy (non-hydrogen) atoms. The van der Waals surface area contributed by atoms with Gasteiger partial charge in [-0.2, -0.15) is 5.21 Å². The third-order valence-electron chi connectivity index (χ3n) is 3.99. The number of hydrogen-bond donors (Lipinski definition) is 1. The van der Waals surface area contributed by atoms with Crippen LogP contribution in [0.4, 0.5) is 0 Å². The van der Waals surface area contributed by atoms with E-state index in [0.717, 1.165) is 25.1 Å². The number of nitrogens with one attached hydrogen (secondary N) is 1. The number of rotatable bonds is 3. The Morgan fingerprint density at radius 1 is 1.48 bits per heavy atom. The Balaban J connectivity index is 1.77. The number of amides is 1. The average Bonchev–Trinajstić information content (AvgIpc) is 3.17. The maximum absolute atomic E-state index is 12.7. The highest BCUT2D eigenvalue weighted by atomic mass is 16.2. The van der Waals surface area contributed by atoms with Crippen LogP contribution in [0.25, 0.3) is 0 Å². The molecule has 7 nitrogen and oxygen atoms in total. The first-order valence-corrected chi connectivity index (χ1v) is 7.36. The normalized spacial score (nSPS) is 19.2. The van der Waals surface area contributed by atoms with Crippen molar-refractivity contribution in [2.24, 2.45) is 0 Å². The highest BCUT2D eigenvalue weighted by Gasteiger charge is 2.29. The maximum atomic E-state index is 12.7. The lowest BCUT2D eigenvalue weighted by Crippen LogP contribution is -2.40. The monoisotopic (exact) mass is 288 g/mol. The van der Waals surface area contributed by atoms with Crippen LogP contribution in [0.15, 0.2) is 18.3 Å². The first-order chi connectivity index (χ1) is 10.2. The van der Waals surface area contributed by atoms with Crippen molar-refractivity contribution in [2.75, 3.05) is 13.1 Å². The molecule has 0 bridgehead atoms. The van der Waals surface area contributed by atoms with E-state index in [-0.39, 0.29) is 17.9 Å². The van der Waals surface area contributed by atoms with Crippen molar-refractivity contribution >= 4 is 5.91 Å². The molecule has 3 heterocycles. The van der Waals surface area contributed by atoms with E-state index < -0.39 is 0 Å². The Morgan fingerprint density at radius 2 is 2.33 bits per heavy atom. The predicted octanol–water partition coefficient (Wildman–Crippen LogP) is 1.60. The zero-order valence-electron chi connectivity index (χ0n) is 12.4. The van der Waals surface area contributed by atoms with Gasteiger partial charge < -0.3 is 9.47 Å². The van der Waals surface area contributed by atoms with Crippen LogP contribution in [-0.2, 0) is 0 Å². The fourth-order valence-corrected chi connectivity index (χ4v) is 2.90. The molecule has 1 unspecified atom stereocenters. The molecule has 112 valence electrons. The summed E-state index contributed by atoms with van der Waals surface area (Å²) in [6.07, 6.45) is 3.92. The Kier molecular flexibility index (Phi) is 3.72. The SMILES string of the molecule is CC(C)n1cccc1C(=O)N1CCCC(c2nn[nH]n2)C1. The summed E-state index contributed by atoms with van der Waals surface area (Å²) in [6.45, 7) is 5.60. The van der Waals surface area contributed by atoms with Crippen molar-refractivity contribution in [3.63, 3.8) is 0 Å². The van der Waals surface area contributed by atoms with E-state index in [0.29, 0.717) is 12.4 Å². The number of carbonyl (C=O) groups is 1. The predicted molar refractivity (Wildman–Crippen MR) is 76.9 cm³/mol. The average molecular weight is 288 g/mol. The summed E-state index contributed by atoms with van der Waals surface area (Å²) in [5, 5.41) is 14.2. The van der Waals surface area contributed by atoms with Gasteiger partial charge in [0.25, 0.3) is 5.91 Å². The molecule has 0 spiro atoms. The standard InChI is InChI=1S/C14H20N6O/c1-10(2)20-8-4-6-12(20)14(21)19-7-3-5-11(9-19)13-15-17-18-16-13/h4,6,8,10-11H,3,5,7,9H2,1-2H3,(H,15,16,17,18).